The molecule has 0 aliphatic carbocycles. The standard InChI is InChI=1S/C23H33NO3/c1-18(2)13-14-24(15-20-8-6-5-7-19(20)3)16-21(25)17-27-23-11-9-22(26-4)10-12-23/h5-12,18,21,25H,13-17H2,1-4H3/t21-/m1/s1. The van der Waals surface area contributed by atoms with Crippen molar-refractivity contribution in [1.82, 2.24) is 4.90 Å². The summed E-state index contributed by atoms with van der Waals surface area (Å²) >= 11 is 0. The first-order valence-electron chi connectivity index (χ1n) is 9.69. The van der Waals surface area contributed by atoms with Crippen LogP contribution in [0.4, 0.5) is 0 Å². The molecule has 0 aromatic heterocycles. The Morgan fingerprint density at radius 2 is 1.67 bits per heavy atom. The lowest BCUT2D eigenvalue weighted by molar-refractivity contribution is 0.0638. The van der Waals surface area contributed by atoms with Crippen LogP contribution in [0.3, 0.4) is 0 Å². The molecule has 0 spiro atoms. The molecule has 0 saturated carbocycles. The number of ether oxygens (including phenoxy) is 2. The summed E-state index contributed by atoms with van der Waals surface area (Å²) in [6.45, 7) is 9.28. The van der Waals surface area contributed by atoms with Gasteiger partial charge in [-0.2, -0.15) is 0 Å². The van der Waals surface area contributed by atoms with Gasteiger partial charge in [0.25, 0.3) is 0 Å². The Hall–Kier alpha value is -2.04. The summed E-state index contributed by atoms with van der Waals surface area (Å²) < 4.78 is 10.9. The third-order valence-electron chi connectivity index (χ3n) is 4.65. The van der Waals surface area contributed by atoms with Gasteiger partial charge in [-0.05, 0) is 61.2 Å². The van der Waals surface area contributed by atoms with E-state index >= 15 is 0 Å². The zero-order valence-corrected chi connectivity index (χ0v) is 17.0. The van der Waals surface area contributed by atoms with Gasteiger partial charge in [-0.15, -0.1) is 0 Å². The van der Waals surface area contributed by atoms with Crippen molar-refractivity contribution in [3.63, 3.8) is 0 Å². The van der Waals surface area contributed by atoms with Crippen molar-refractivity contribution in [2.45, 2.75) is 39.8 Å². The van der Waals surface area contributed by atoms with Crippen LogP contribution in [-0.4, -0.2) is 42.9 Å². The number of nitrogens with zero attached hydrogens (tertiary/aromatic N) is 1. The molecule has 1 N–H and O–H groups in total. The molecule has 0 unspecified atom stereocenters. The van der Waals surface area contributed by atoms with Crippen LogP contribution < -0.4 is 9.47 Å². The van der Waals surface area contributed by atoms with Crippen LogP contribution in [0.5, 0.6) is 11.5 Å². The van der Waals surface area contributed by atoms with E-state index in [1.54, 1.807) is 7.11 Å². The Labute approximate surface area is 163 Å². The van der Waals surface area contributed by atoms with Gasteiger partial charge < -0.3 is 14.6 Å². The Morgan fingerprint density at radius 3 is 2.30 bits per heavy atom. The van der Waals surface area contributed by atoms with Gasteiger partial charge in [-0.1, -0.05) is 38.1 Å². The van der Waals surface area contributed by atoms with Gasteiger partial charge in [0.1, 0.15) is 24.2 Å². The SMILES string of the molecule is COc1ccc(OC[C@H](O)CN(CCC(C)C)Cc2ccccc2C)cc1. The highest BCUT2D eigenvalue weighted by Crippen LogP contribution is 2.17. The fourth-order valence-corrected chi connectivity index (χ4v) is 2.92. The second-order valence-electron chi connectivity index (χ2n) is 7.48. The lowest BCUT2D eigenvalue weighted by Crippen LogP contribution is -2.36. The highest BCUT2D eigenvalue weighted by molar-refractivity contribution is 5.31. The van der Waals surface area contributed by atoms with Crippen molar-refractivity contribution in [3.8, 4) is 11.5 Å². The van der Waals surface area contributed by atoms with Crippen LogP contribution in [-0.2, 0) is 6.54 Å². The molecule has 0 heterocycles. The van der Waals surface area contributed by atoms with E-state index in [4.69, 9.17) is 9.47 Å². The fourth-order valence-electron chi connectivity index (χ4n) is 2.92. The zero-order chi connectivity index (χ0) is 19.6. The molecule has 0 saturated heterocycles. The quantitative estimate of drug-likeness (QED) is 0.640. The van der Waals surface area contributed by atoms with E-state index in [0.717, 1.165) is 31.0 Å². The molecule has 4 nitrogen and oxygen atoms in total. The van der Waals surface area contributed by atoms with Crippen LogP contribution in [0, 0.1) is 12.8 Å². The summed E-state index contributed by atoms with van der Waals surface area (Å²) in [5.74, 6) is 2.17. The van der Waals surface area contributed by atoms with E-state index in [9.17, 15) is 5.11 Å². The molecule has 0 fully saturated rings. The Morgan fingerprint density at radius 1 is 1.00 bits per heavy atom. The smallest absolute Gasteiger partial charge is 0.119 e. The van der Waals surface area contributed by atoms with Gasteiger partial charge in [0.05, 0.1) is 7.11 Å². The maximum Gasteiger partial charge on any atom is 0.119 e. The van der Waals surface area contributed by atoms with Gasteiger partial charge in [0.2, 0.25) is 0 Å². The molecular weight excluding hydrogens is 338 g/mol. The first kappa shape index (κ1) is 21.3. The molecule has 0 aliphatic heterocycles. The Bertz CT molecular complexity index is 670. The summed E-state index contributed by atoms with van der Waals surface area (Å²) in [6.07, 6.45) is 0.570. The third-order valence-corrected chi connectivity index (χ3v) is 4.65. The molecule has 2 aromatic carbocycles. The monoisotopic (exact) mass is 371 g/mol. The van der Waals surface area contributed by atoms with E-state index < -0.39 is 6.10 Å². The first-order valence-corrected chi connectivity index (χ1v) is 9.69. The Kier molecular flexibility index (Phi) is 8.62. The van der Waals surface area contributed by atoms with Crippen LogP contribution in [0.2, 0.25) is 0 Å². The van der Waals surface area contributed by atoms with Crippen molar-refractivity contribution in [2.75, 3.05) is 26.8 Å². The average Bonchev–Trinajstić information content (AvgIpc) is 2.66. The number of hydrogen-bond acceptors (Lipinski definition) is 4. The second-order valence-corrected chi connectivity index (χ2v) is 7.48. The fraction of sp³-hybridized carbons (Fsp3) is 0.478. The summed E-state index contributed by atoms with van der Waals surface area (Å²) in [5.41, 5.74) is 2.60. The van der Waals surface area contributed by atoms with E-state index in [2.05, 4.69) is 49.9 Å². The first-order chi connectivity index (χ1) is 13.0. The molecular formula is C23H33NO3. The summed E-state index contributed by atoms with van der Waals surface area (Å²) in [5, 5.41) is 10.5. The van der Waals surface area contributed by atoms with E-state index in [0.29, 0.717) is 12.5 Å². The molecule has 0 amide bonds. The second kappa shape index (κ2) is 11.0. The zero-order valence-electron chi connectivity index (χ0n) is 17.0. The number of rotatable bonds is 11. The highest BCUT2D eigenvalue weighted by atomic mass is 16.5. The molecule has 1 atom stereocenters. The van der Waals surface area contributed by atoms with Gasteiger partial charge in [-0.25, -0.2) is 0 Å². The van der Waals surface area contributed by atoms with Gasteiger partial charge >= 0.3 is 0 Å². The summed E-state index contributed by atoms with van der Waals surface area (Å²) in [4.78, 5) is 2.32. The van der Waals surface area contributed by atoms with Crippen LogP contribution in [0.25, 0.3) is 0 Å². The summed E-state index contributed by atoms with van der Waals surface area (Å²) in [6, 6.07) is 15.9. The van der Waals surface area contributed by atoms with Gasteiger partial charge in [0.15, 0.2) is 0 Å². The van der Waals surface area contributed by atoms with Crippen LogP contribution in [0.1, 0.15) is 31.4 Å². The van der Waals surface area contributed by atoms with Crippen molar-refractivity contribution >= 4 is 0 Å². The number of methoxy groups -OCH3 is 1. The van der Waals surface area contributed by atoms with Crippen LogP contribution >= 0.6 is 0 Å². The Balaban J connectivity index is 1.90. The molecule has 148 valence electrons. The molecule has 2 rings (SSSR count). The van der Waals surface area contributed by atoms with Crippen molar-refractivity contribution in [1.29, 1.82) is 0 Å². The largest absolute Gasteiger partial charge is 0.497 e. The van der Waals surface area contributed by atoms with Gasteiger partial charge in [-0.3, -0.25) is 4.90 Å². The number of aliphatic hydroxyl groups is 1. The van der Waals surface area contributed by atoms with E-state index in [1.165, 1.54) is 11.1 Å². The molecule has 0 bridgehead atoms. The molecule has 0 aliphatic rings. The number of aryl methyl sites for hydroxylation is 1. The lowest BCUT2D eigenvalue weighted by Gasteiger charge is -2.26. The van der Waals surface area contributed by atoms with E-state index in [1.807, 2.05) is 24.3 Å². The van der Waals surface area contributed by atoms with Gasteiger partial charge in [0, 0.05) is 13.1 Å². The van der Waals surface area contributed by atoms with Crippen LogP contribution in [0.15, 0.2) is 48.5 Å². The lowest BCUT2D eigenvalue weighted by atomic mass is 10.1. The van der Waals surface area contributed by atoms with Crippen molar-refractivity contribution in [2.24, 2.45) is 5.92 Å². The van der Waals surface area contributed by atoms with E-state index in [-0.39, 0.29) is 6.61 Å². The molecule has 0 radical (unpaired) electrons. The predicted molar refractivity (Wildman–Crippen MR) is 110 cm³/mol. The third kappa shape index (κ3) is 7.61. The maximum atomic E-state index is 10.5. The average molecular weight is 372 g/mol. The maximum absolute atomic E-state index is 10.5. The summed E-state index contributed by atoms with van der Waals surface area (Å²) in [7, 11) is 1.64. The normalized spacial score (nSPS) is 12.4. The number of benzene rings is 2. The molecule has 4 heteroatoms. The minimum Gasteiger partial charge on any atom is -0.497 e. The van der Waals surface area contributed by atoms with Crippen molar-refractivity contribution < 1.29 is 14.6 Å². The topological polar surface area (TPSA) is 41.9 Å². The predicted octanol–water partition coefficient (Wildman–Crippen LogP) is 4.29. The van der Waals surface area contributed by atoms with Crippen molar-refractivity contribution in [3.05, 3.63) is 59.7 Å². The number of aliphatic hydroxyl groups excluding tert-OH is 1. The molecule has 2 aromatic rings. The minimum absolute atomic E-state index is 0.276. The highest BCUT2D eigenvalue weighted by Gasteiger charge is 2.14. The number of hydrogen-bond donors (Lipinski definition) is 1. The molecule has 27 heavy (non-hydrogen) atoms. The minimum atomic E-state index is -0.539.